The summed E-state index contributed by atoms with van der Waals surface area (Å²) in [5.74, 6) is 0.932. The molecular weight excluding hydrogens is 202 g/mol. The second-order valence-corrected chi connectivity index (χ2v) is 4.59. The lowest BCUT2D eigenvalue weighted by Crippen LogP contribution is -2.38. The molecular formula is C13H17NO2. The smallest absolute Gasteiger partial charge is 0.127 e. The minimum Gasteiger partial charge on any atom is -0.487 e. The average molecular weight is 219 g/mol. The summed E-state index contributed by atoms with van der Waals surface area (Å²) in [5, 5.41) is 0. The van der Waals surface area contributed by atoms with Crippen LogP contribution in [0.2, 0.25) is 0 Å². The zero-order valence-electron chi connectivity index (χ0n) is 9.26. The Morgan fingerprint density at radius 2 is 2.06 bits per heavy atom. The lowest BCUT2D eigenvalue weighted by molar-refractivity contribution is -0.00194. The van der Waals surface area contributed by atoms with E-state index in [9.17, 15) is 0 Å². The molecule has 3 nitrogen and oxygen atoms in total. The van der Waals surface area contributed by atoms with Crippen molar-refractivity contribution in [3.8, 4) is 5.75 Å². The van der Waals surface area contributed by atoms with Crippen LogP contribution in [0.25, 0.3) is 0 Å². The van der Waals surface area contributed by atoms with Gasteiger partial charge >= 0.3 is 0 Å². The molecule has 1 aromatic rings. The van der Waals surface area contributed by atoms with Gasteiger partial charge in [-0.1, -0.05) is 18.2 Å². The number of rotatable bonds is 1. The molecule has 86 valence electrons. The van der Waals surface area contributed by atoms with Crippen LogP contribution in [0.4, 0.5) is 0 Å². The van der Waals surface area contributed by atoms with Gasteiger partial charge in [-0.15, -0.1) is 0 Å². The van der Waals surface area contributed by atoms with Gasteiger partial charge in [-0.25, -0.2) is 0 Å². The van der Waals surface area contributed by atoms with Crippen molar-refractivity contribution < 1.29 is 9.47 Å². The van der Waals surface area contributed by atoms with E-state index in [1.165, 1.54) is 0 Å². The highest BCUT2D eigenvalue weighted by Crippen LogP contribution is 2.36. The van der Waals surface area contributed by atoms with E-state index >= 15 is 0 Å². The van der Waals surface area contributed by atoms with E-state index in [-0.39, 0.29) is 18.2 Å². The molecule has 2 N–H and O–H groups in total. The zero-order chi connectivity index (χ0) is 11.0. The standard InChI is InChI=1S/C13H17NO2/c14-10-8-13(12-6-3-7-15-12)16-11-5-2-1-4-9(10)11/h1-2,4-5,10,12-13H,3,6-8,14H2/t10-,12?,13?/m1/s1. The lowest BCUT2D eigenvalue weighted by atomic mass is 9.94. The molecule has 2 aliphatic heterocycles. The van der Waals surface area contributed by atoms with Gasteiger partial charge in [0.25, 0.3) is 0 Å². The van der Waals surface area contributed by atoms with Crippen LogP contribution in [0.1, 0.15) is 30.9 Å². The first kappa shape index (κ1) is 10.1. The molecule has 16 heavy (non-hydrogen) atoms. The largest absolute Gasteiger partial charge is 0.487 e. The third-order valence-electron chi connectivity index (χ3n) is 3.46. The van der Waals surface area contributed by atoms with Gasteiger partial charge in [-0.3, -0.25) is 0 Å². The van der Waals surface area contributed by atoms with Crippen LogP contribution >= 0.6 is 0 Å². The van der Waals surface area contributed by atoms with Gasteiger partial charge in [-0.2, -0.15) is 0 Å². The number of nitrogens with two attached hydrogens (primary N) is 1. The van der Waals surface area contributed by atoms with E-state index in [2.05, 4.69) is 0 Å². The topological polar surface area (TPSA) is 44.5 Å². The summed E-state index contributed by atoms with van der Waals surface area (Å²) in [6.07, 6.45) is 3.47. The highest BCUT2D eigenvalue weighted by molar-refractivity contribution is 5.37. The van der Waals surface area contributed by atoms with Crippen molar-refractivity contribution in [2.45, 2.75) is 37.5 Å². The number of hydrogen-bond acceptors (Lipinski definition) is 3. The number of para-hydroxylation sites is 1. The Balaban J connectivity index is 1.83. The Morgan fingerprint density at radius 3 is 2.88 bits per heavy atom. The van der Waals surface area contributed by atoms with Gasteiger partial charge in [-0.05, 0) is 18.9 Å². The van der Waals surface area contributed by atoms with E-state index in [0.717, 1.165) is 37.2 Å². The van der Waals surface area contributed by atoms with Crippen molar-refractivity contribution in [2.24, 2.45) is 5.73 Å². The second kappa shape index (κ2) is 4.07. The van der Waals surface area contributed by atoms with Gasteiger partial charge in [0.1, 0.15) is 11.9 Å². The highest BCUT2D eigenvalue weighted by Gasteiger charge is 2.33. The van der Waals surface area contributed by atoms with E-state index in [1.807, 2.05) is 24.3 Å². The molecule has 2 heterocycles. The second-order valence-electron chi connectivity index (χ2n) is 4.59. The van der Waals surface area contributed by atoms with Crippen molar-refractivity contribution in [3.05, 3.63) is 29.8 Å². The Labute approximate surface area is 95.5 Å². The number of benzene rings is 1. The first-order chi connectivity index (χ1) is 7.84. The summed E-state index contributed by atoms with van der Waals surface area (Å²) < 4.78 is 11.7. The van der Waals surface area contributed by atoms with Gasteiger partial charge in [0, 0.05) is 24.6 Å². The molecule has 0 aliphatic carbocycles. The summed E-state index contributed by atoms with van der Waals surface area (Å²) in [6, 6.07) is 8.12. The fraction of sp³-hybridized carbons (Fsp3) is 0.538. The molecule has 2 unspecified atom stereocenters. The van der Waals surface area contributed by atoms with Gasteiger partial charge in [0.15, 0.2) is 0 Å². The minimum atomic E-state index is 0.0825. The molecule has 0 spiro atoms. The van der Waals surface area contributed by atoms with Crippen molar-refractivity contribution in [1.82, 2.24) is 0 Å². The maximum atomic E-state index is 6.17. The normalized spacial score (nSPS) is 33.2. The van der Waals surface area contributed by atoms with Crippen LogP contribution in [-0.2, 0) is 4.74 Å². The molecule has 3 atom stereocenters. The van der Waals surface area contributed by atoms with Crippen LogP contribution in [-0.4, -0.2) is 18.8 Å². The molecule has 3 heteroatoms. The first-order valence-electron chi connectivity index (χ1n) is 5.97. The molecule has 1 saturated heterocycles. The van der Waals surface area contributed by atoms with Crippen molar-refractivity contribution in [1.29, 1.82) is 0 Å². The van der Waals surface area contributed by atoms with Crippen LogP contribution < -0.4 is 10.5 Å². The summed E-state index contributed by atoms with van der Waals surface area (Å²) in [7, 11) is 0. The maximum absolute atomic E-state index is 6.17. The molecule has 0 bridgehead atoms. The molecule has 3 rings (SSSR count). The number of hydrogen-bond donors (Lipinski definition) is 1. The molecule has 2 aliphatic rings. The quantitative estimate of drug-likeness (QED) is 0.786. The van der Waals surface area contributed by atoms with Crippen LogP contribution in [0.3, 0.4) is 0 Å². The maximum Gasteiger partial charge on any atom is 0.127 e. The van der Waals surface area contributed by atoms with Crippen LogP contribution in [0.5, 0.6) is 5.75 Å². The van der Waals surface area contributed by atoms with Gasteiger partial charge in [0.2, 0.25) is 0 Å². The fourth-order valence-corrected chi connectivity index (χ4v) is 2.61. The van der Waals surface area contributed by atoms with Gasteiger partial charge in [0.05, 0.1) is 6.10 Å². The number of ether oxygens (including phenoxy) is 2. The summed E-state index contributed by atoms with van der Waals surface area (Å²) in [4.78, 5) is 0. The van der Waals surface area contributed by atoms with Crippen LogP contribution in [0.15, 0.2) is 24.3 Å². The number of fused-ring (bicyclic) bond motifs is 1. The summed E-state index contributed by atoms with van der Waals surface area (Å²) in [5.41, 5.74) is 7.29. The Bertz CT molecular complexity index is 374. The van der Waals surface area contributed by atoms with E-state index in [1.54, 1.807) is 0 Å². The summed E-state index contributed by atoms with van der Waals surface area (Å²) >= 11 is 0. The summed E-state index contributed by atoms with van der Waals surface area (Å²) in [6.45, 7) is 0.863. The van der Waals surface area contributed by atoms with Gasteiger partial charge < -0.3 is 15.2 Å². The van der Waals surface area contributed by atoms with E-state index in [4.69, 9.17) is 15.2 Å². The molecule has 0 radical (unpaired) electrons. The minimum absolute atomic E-state index is 0.0825. The predicted octanol–water partition coefficient (Wildman–Crippen LogP) is 2.02. The Kier molecular flexibility index (Phi) is 2.58. The van der Waals surface area contributed by atoms with Crippen LogP contribution in [0, 0.1) is 0 Å². The van der Waals surface area contributed by atoms with E-state index in [0.29, 0.717) is 0 Å². The van der Waals surface area contributed by atoms with E-state index < -0.39 is 0 Å². The van der Waals surface area contributed by atoms with Crippen molar-refractivity contribution >= 4 is 0 Å². The average Bonchev–Trinajstić information content (AvgIpc) is 2.82. The molecule has 1 aromatic carbocycles. The SMILES string of the molecule is N[C@@H]1CC(C2CCCO2)Oc2ccccc21. The Morgan fingerprint density at radius 1 is 1.19 bits per heavy atom. The molecule has 0 amide bonds. The monoisotopic (exact) mass is 219 g/mol. The fourth-order valence-electron chi connectivity index (χ4n) is 2.61. The predicted molar refractivity (Wildman–Crippen MR) is 61.4 cm³/mol. The lowest BCUT2D eigenvalue weighted by Gasteiger charge is -2.33. The molecule has 0 aromatic heterocycles. The highest BCUT2D eigenvalue weighted by atomic mass is 16.5. The zero-order valence-corrected chi connectivity index (χ0v) is 9.26. The Hall–Kier alpha value is -1.06. The van der Waals surface area contributed by atoms with Crippen molar-refractivity contribution in [2.75, 3.05) is 6.61 Å². The first-order valence-corrected chi connectivity index (χ1v) is 5.97. The third-order valence-corrected chi connectivity index (χ3v) is 3.46. The van der Waals surface area contributed by atoms with Crippen molar-refractivity contribution in [3.63, 3.8) is 0 Å². The molecule has 0 saturated carbocycles. The molecule has 1 fully saturated rings. The third kappa shape index (κ3) is 1.70.